The highest BCUT2D eigenvalue weighted by atomic mass is 32.2. The van der Waals surface area contributed by atoms with Crippen LogP contribution in [0.2, 0.25) is 0 Å². The Balaban J connectivity index is 1.58. The van der Waals surface area contributed by atoms with Gasteiger partial charge in [-0.15, -0.1) is 0 Å². The summed E-state index contributed by atoms with van der Waals surface area (Å²) >= 11 is -0.166. The number of allylic oxidation sites excluding steroid dienone is 1. The Labute approximate surface area is 159 Å². The number of hydrogen-bond acceptors (Lipinski definition) is 4. The SMILES string of the molecule is C=C1CC2COC(=O)C2(Cc2ccc(C(=O)NCCSC(F)(F)F)cc2)C1. The van der Waals surface area contributed by atoms with E-state index in [1.807, 2.05) is 0 Å². The molecule has 0 aromatic heterocycles. The van der Waals surface area contributed by atoms with E-state index in [1.54, 1.807) is 24.3 Å². The Bertz CT molecular complexity index is 748. The number of rotatable bonds is 6. The maximum atomic E-state index is 12.3. The third-order valence-electron chi connectivity index (χ3n) is 5.09. The van der Waals surface area contributed by atoms with Crippen molar-refractivity contribution in [2.24, 2.45) is 11.3 Å². The summed E-state index contributed by atoms with van der Waals surface area (Å²) in [7, 11) is 0. The molecule has 1 aromatic rings. The van der Waals surface area contributed by atoms with Crippen LogP contribution in [0.5, 0.6) is 0 Å². The largest absolute Gasteiger partial charge is 0.465 e. The summed E-state index contributed by atoms with van der Waals surface area (Å²) in [6, 6.07) is 6.80. The zero-order valence-corrected chi connectivity index (χ0v) is 15.4. The molecule has 0 spiro atoms. The highest BCUT2D eigenvalue weighted by Crippen LogP contribution is 2.52. The maximum Gasteiger partial charge on any atom is 0.441 e. The van der Waals surface area contributed by atoms with Gasteiger partial charge in [0.2, 0.25) is 0 Å². The highest BCUT2D eigenvalue weighted by molar-refractivity contribution is 8.00. The predicted octanol–water partition coefficient (Wildman–Crippen LogP) is 3.72. The Morgan fingerprint density at radius 3 is 2.70 bits per heavy atom. The number of carbonyl (C=O) groups is 2. The first-order chi connectivity index (χ1) is 12.7. The van der Waals surface area contributed by atoms with E-state index in [9.17, 15) is 22.8 Å². The van der Waals surface area contributed by atoms with Crippen molar-refractivity contribution in [3.05, 3.63) is 47.5 Å². The van der Waals surface area contributed by atoms with Gasteiger partial charge in [0.15, 0.2) is 0 Å². The number of alkyl halides is 3. The van der Waals surface area contributed by atoms with E-state index in [0.29, 0.717) is 25.0 Å². The van der Waals surface area contributed by atoms with Gasteiger partial charge in [-0.3, -0.25) is 9.59 Å². The van der Waals surface area contributed by atoms with Crippen molar-refractivity contribution in [3.8, 4) is 0 Å². The van der Waals surface area contributed by atoms with E-state index in [1.165, 1.54) is 0 Å². The normalized spacial score (nSPS) is 24.6. The summed E-state index contributed by atoms with van der Waals surface area (Å²) in [5.74, 6) is -0.694. The molecule has 1 aliphatic carbocycles. The molecule has 1 amide bonds. The molecule has 2 aliphatic rings. The van der Waals surface area contributed by atoms with Crippen molar-refractivity contribution >= 4 is 23.6 Å². The van der Waals surface area contributed by atoms with E-state index >= 15 is 0 Å². The first kappa shape index (κ1) is 19.8. The fourth-order valence-electron chi connectivity index (χ4n) is 3.83. The Kier molecular flexibility index (Phi) is 5.55. The zero-order valence-electron chi connectivity index (χ0n) is 14.6. The number of amides is 1. The minimum absolute atomic E-state index is 0.0660. The first-order valence-electron chi connectivity index (χ1n) is 8.61. The number of esters is 1. The van der Waals surface area contributed by atoms with Crippen LogP contribution in [0.15, 0.2) is 36.4 Å². The van der Waals surface area contributed by atoms with Gasteiger partial charge >= 0.3 is 11.5 Å². The topological polar surface area (TPSA) is 55.4 Å². The van der Waals surface area contributed by atoms with Crippen molar-refractivity contribution in [2.75, 3.05) is 18.9 Å². The van der Waals surface area contributed by atoms with Gasteiger partial charge < -0.3 is 10.1 Å². The lowest BCUT2D eigenvalue weighted by Gasteiger charge is -2.24. The summed E-state index contributed by atoms with van der Waals surface area (Å²) in [6.45, 7) is 4.37. The molecule has 27 heavy (non-hydrogen) atoms. The highest BCUT2D eigenvalue weighted by Gasteiger charge is 2.55. The van der Waals surface area contributed by atoms with Gasteiger partial charge in [-0.2, -0.15) is 13.2 Å². The predicted molar refractivity (Wildman–Crippen MR) is 96.2 cm³/mol. The molecule has 8 heteroatoms. The molecule has 2 fully saturated rings. The molecule has 2 atom stereocenters. The van der Waals surface area contributed by atoms with Crippen LogP contribution in [0.3, 0.4) is 0 Å². The Morgan fingerprint density at radius 1 is 1.33 bits per heavy atom. The van der Waals surface area contributed by atoms with E-state index in [2.05, 4.69) is 11.9 Å². The van der Waals surface area contributed by atoms with Crippen LogP contribution in [0.1, 0.15) is 28.8 Å². The fraction of sp³-hybridized carbons (Fsp3) is 0.474. The number of thioether (sulfide) groups is 1. The van der Waals surface area contributed by atoms with Crippen LogP contribution < -0.4 is 5.32 Å². The fourth-order valence-corrected chi connectivity index (χ4v) is 4.27. The van der Waals surface area contributed by atoms with Crippen molar-refractivity contribution < 1.29 is 27.5 Å². The number of carbonyl (C=O) groups excluding carboxylic acids is 2. The van der Waals surface area contributed by atoms with Crippen molar-refractivity contribution in [1.29, 1.82) is 0 Å². The molecule has 0 bridgehead atoms. The summed E-state index contributed by atoms with van der Waals surface area (Å²) in [4.78, 5) is 24.3. The van der Waals surface area contributed by atoms with E-state index in [4.69, 9.17) is 4.74 Å². The average molecular weight is 399 g/mol. The van der Waals surface area contributed by atoms with Crippen LogP contribution in [0, 0.1) is 11.3 Å². The minimum atomic E-state index is -4.30. The molecule has 3 rings (SSSR count). The van der Waals surface area contributed by atoms with Gasteiger partial charge in [-0.25, -0.2) is 0 Å². The number of benzene rings is 1. The number of ether oxygens (including phenoxy) is 1. The summed E-state index contributed by atoms with van der Waals surface area (Å²) in [6.07, 6.45) is 1.94. The molecular weight excluding hydrogens is 379 g/mol. The number of fused-ring (bicyclic) bond motifs is 1. The van der Waals surface area contributed by atoms with Crippen LogP contribution in [-0.4, -0.2) is 36.3 Å². The smallest absolute Gasteiger partial charge is 0.441 e. The number of nitrogens with one attached hydrogen (secondary N) is 1. The molecule has 1 aromatic carbocycles. The summed E-state index contributed by atoms with van der Waals surface area (Å²) in [5, 5.41) is 2.47. The molecule has 1 N–H and O–H groups in total. The Morgan fingerprint density at radius 2 is 2.04 bits per heavy atom. The van der Waals surface area contributed by atoms with Crippen LogP contribution in [0.4, 0.5) is 13.2 Å². The van der Waals surface area contributed by atoms with Gasteiger partial charge in [0.05, 0.1) is 12.0 Å². The van der Waals surface area contributed by atoms with E-state index < -0.39 is 16.8 Å². The molecule has 2 unspecified atom stereocenters. The second kappa shape index (κ2) is 7.58. The van der Waals surface area contributed by atoms with Gasteiger partial charge in [-0.05, 0) is 48.7 Å². The first-order valence-corrected chi connectivity index (χ1v) is 9.60. The zero-order chi connectivity index (χ0) is 19.7. The molecule has 4 nitrogen and oxygen atoms in total. The van der Waals surface area contributed by atoms with E-state index in [0.717, 1.165) is 17.6 Å². The number of cyclic esters (lactones) is 1. The van der Waals surface area contributed by atoms with Gasteiger partial charge in [0, 0.05) is 23.8 Å². The lowest BCUT2D eigenvalue weighted by atomic mass is 9.75. The second-order valence-corrected chi connectivity index (χ2v) is 8.17. The monoisotopic (exact) mass is 399 g/mol. The quantitative estimate of drug-likeness (QED) is 0.450. The van der Waals surface area contributed by atoms with Gasteiger partial charge in [0.1, 0.15) is 0 Å². The average Bonchev–Trinajstić information content (AvgIpc) is 3.06. The third-order valence-corrected chi connectivity index (χ3v) is 5.83. The maximum absolute atomic E-state index is 12.3. The summed E-state index contributed by atoms with van der Waals surface area (Å²) < 4.78 is 41.5. The van der Waals surface area contributed by atoms with Crippen molar-refractivity contribution in [2.45, 2.75) is 24.8 Å². The van der Waals surface area contributed by atoms with Crippen molar-refractivity contribution in [3.63, 3.8) is 0 Å². The minimum Gasteiger partial charge on any atom is -0.465 e. The van der Waals surface area contributed by atoms with Crippen LogP contribution >= 0.6 is 11.8 Å². The molecule has 0 radical (unpaired) electrons. The van der Waals surface area contributed by atoms with Crippen molar-refractivity contribution in [1.82, 2.24) is 5.32 Å². The van der Waals surface area contributed by atoms with Gasteiger partial charge in [-0.1, -0.05) is 24.3 Å². The lowest BCUT2D eigenvalue weighted by Crippen LogP contribution is -2.31. The van der Waals surface area contributed by atoms with Gasteiger partial charge in [0.25, 0.3) is 5.91 Å². The molecule has 146 valence electrons. The van der Waals surface area contributed by atoms with Crippen LogP contribution in [0.25, 0.3) is 0 Å². The second-order valence-electron chi connectivity index (χ2n) is 7.01. The third kappa shape index (κ3) is 4.48. The molecule has 1 saturated heterocycles. The Hall–Kier alpha value is -1.96. The van der Waals surface area contributed by atoms with Crippen LogP contribution in [-0.2, 0) is 16.0 Å². The number of halogens is 3. The molecule has 1 aliphatic heterocycles. The lowest BCUT2D eigenvalue weighted by molar-refractivity contribution is -0.146. The molecular formula is C19H20F3NO3S. The molecule has 1 heterocycles. The van der Waals surface area contributed by atoms with E-state index in [-0.39, 0.29) is 35.9 Å². The molecule has 1 saturated carbocycles. The number of hydrogen-bond donors (Lipinski definition) is 1. The standard InChI is InChI=1S/C19H20F3NO3S/c1-12-8-15-11-26-17(25)18(15,9-12)10-13-2-4-14(5-3-13)16(24)23-6-7-27-19(20,21)22/h2-5,15H,1,6-11H2,(H,23,24). The summed E-state index contributed by atoms with van der Waals surface area (Å²) in [5.41, 5.74) is -2.51.